The minimum Gasteiger partial charge on any atom is -0.461 e. The predicted octanol–water partition coefficient (Wildman–Crippen LogP) is 0.700. The summed E-state index contributed by atoms with van der Waals surface area (Å²) in [5.74, 6) is -0.537. The molecule has 1 fully saturated rings. The molecule has 180 valence electrons. The summed E-state index contributed by atoms with van der Waals surface area (Å²) in [5, 5.41) is 2.86. The SMILES string of the molecule is C=CC(=O)OCCNC(=O)[N+]1(CCC[Si](OC)(OC)OC)CCC1[Si](OC)(OC)OC. The zero-order valence-electron chi connectivity index (χ0n) is 19.4. The number of ether oxygens (including phenoxy) is 1. The molecule has 1 heterocycles. The van der Waals surface area contributed by atoms with Crippen molar-refractivity contribution < 1.29 is 45.4 Å². The third-order valence-corrected chi connectivity index (χ3v) is 12.0. The number of amides is 2. The van der Waals surface area contributed by atoms with Gasteiger partial charge in [0.1, 0.15) is 6.61 Å². The molecule has 1 saturated heterocycles. The van der Waals surface area contributed by atoms with Crippen LogP contribution in [-0.4, -0.2) is 109 Å². The van der Waals surface area contributed by atoms with E-state index < -0.39 is 23.6 Å². The van der Waals surface area contributed by atoms with Gasteiger partial charge >= 0.3 is 29.6 Å². The molecule has 31 heavy (non-hydrogen) atoms. The van der Waals surface area contributed by atoms with Crippen molar-refractivity contribution in [2.75, 3.05) is 68.9 Å². The second-order valence-electron chi connectivity index (χ2n) is 7.00. The van der Waals surface area contributed by atoms with Gasteiger partial charge in [0.15, 0.2) is 5.67 Å². The minimum absolute atomic E-state index is 0.0513. The molecular formula is C18H37N2O9Si2+. The normalized spacial score (nSPS) is 21.3. The second-order valence-corrected chi connectivity index (χ2v) is 13.2. The Morgan fingerprint density at radius 3 is 2.03 bits per heavy atom. The van der Waals surface area contributed by atoms with Crippen molar-refractivity contribution in [3.05, 3.63) is 12.7 Å². The Kier molecular flexibility index (Phi) is 11.5. The lowest BCUT2D eigenvalue weighted by Crippen LogP contribution is -2.80. The van der Waals surface area contributed by atoms with Crippen LogP contribution in [-0.2, 0) is 36.1 Å². The van der Waals surface area contributed by atoms with Crippen LogP contribution in [0.4, 0.5) is 4.79 Å². The van der Waals surface area contributed by atoms with Crippen LogP contribution in [0.1, 0.15) is 12.8 Å². The molecule has 13 heteroatoms. The molecule has 11 nitrogen and oxygen atoms in total. The second kappa shape index (κ2) is 12.8. The number of carbonyl (C=O) groups is 2. The molecule has 0 spiro atoms. The average Bonchev–Trinajstić information content (AvgIpc) is 2.79. The van der Waals surface area contributed by atoms with Crippen LogP contribution in [0.3, 0.4) is 0 Å². The van der Waals surface area contributed by atoms with Gasteiger partial charge in [0.25, 0.3) is 0 Å². The molecule has 2 unspecified atom stereocenters. The van der Waals surface area contributed by atoms with Crippen molar-refractivity contribution in [1.29, 1.82) is 0 Å². The fourth-order valence-electron chi connectivity index (χ4n) is 3.98. The van der Waals surface area contributed by atoms with Crippen LogP contribution >= 0.6 is 0 Å². The molecule has 2 amide bonds. The maximum absolute atomic E-state index is 13.3. The number of quaternary nitrogens is 1. The number of urea groups is 1. The van der Waals surface area contributed by atoms with E-state index in [9.17, 15) is 9.59 Å². The van der Waals surface area contributed by atoms with E-state index in [1.807, 2.05) is 0 Å². The van der Waals surface area contributed by atoms with Gasteiger partial charge in [0.2, 0.25) is 0 Å². The molecule has 0 aromatic carbocycles. The van der Waals surface area contributed by atoms with Crippen LogP contribution in [0, 0.1) is 0 Å². The first-order chi connectivity index (χ1) is 14.8. The monoisotopic (exact) mass is 481 g/mol. The summed E-state index contributed by atoms with van der Waals surface area (Å²) in [5.41, 5.74) is -0.257. The quantitative estimate of drug-likeness (QED) is 0.119. The maximum Gasteiger partial charge on any atom is 0.562 e. The highest BCUT2D eigenvalue weighted by Gasteiger charge is 2.67. The van der Waals surface area contributed by atoms with E-state index in [1.54, 1.807) is 21.3 Å². The van der Waals surface area contributed by atoms with Gasteiger partial charge in [-0.05, 0) is 0 Å². The number of carbonyl (C=O) groups excluding carboxylic acids is 2. The highest BCUT2D eigenvalue weighted by molar-refractivity contribution is 6.62. The van der Waals surface area contributed by atoms with Gasteiger partial charge in [-0.25, -0.2) is 14.1 Å². The van der Waals surface area contributed by atoms with E-state index >= 15 is 0 Å². The first kappa shape index (κ1) is 27.9. The number of esters is 1. The zero-order chi connectivity index (χ0) is 23.5. The van der Waals surface area contributed by atoms with E-state index in [-0.39, 0.29) is 29.3 Å². The molecule has 0 aliphatic carbocycles. The van der Waals surface area contributed by atoms with Crippen molar-refractivity contribution >= 4 is 29.6 Å². The predicted molar refractivity (Wildman–Crippen MR) is 116 cm³/mol. The topological polar surface area (TPSA) is 111 Å². The van der Waals surface area contributed by atoms with E-state index in [0.717, 1.165) is 12.5 Å². The van der Waals surface area contributed by atoms with Gasteiger partial charge in [0, 0.05) is 61.2 Å². The Hall–Kier alpha value is -1.17. The first-order valence-corrected chi connectivity index (χ1v) is 13.8. The Balaban J connectivity index is 2.98. The molecule has 0 saturated carbocycles. The number of hydrogen-bond acceptors (Lipinski definition) is 9. The van der Waals surface area contributed by atoms with Crippen LogP contribution in [0.15, 0.2) is 12.7 Å². The third-order valence-electron chi connectivity index (χ3n) is 5.83. The number of rotatable bonds is 15. The molecule has 0 aromatic heterocycles. The third kappa shape index (κ3) is 6.21. The van der Waals surface area contributed by atoms with Crippen LogP contribution in [0.2, 0.25) is 6.04 Å². The molecule has 1 aliphatic heterocycles. The van der Waals surface area contributed by atoms with Crippen LogP contribution in [0.25, 0.3) is 0 Å². The van der Waals surface area contributed by atoms with Crippen LogP contribution in [0.5, 0.6) is 0 Å². The smallest absolute Gasteiger partial charge is 0.461 e. The van der Waals surface area contributed by atoms with E-state index in [0.29, 0.717) is 25.6 Å². The van der Waals surface area contributed by atoms with E-state index in [2.05, 4.69) is 11.9 Å². The molecular weight excluding hydrogens is 444 g/mol. The lowest BCUT2D eigenvalue weighted by molar-refractivity contribution is -0.907. The summed E-state index contributed by atoms with van der Waals surface area (Å²) in [7, 11) is 3.44. The Labute approximate surface area is 186 Å². The summed E-state index contributed by atoms with van der Waals surface area (Å²) in [6.45, 7) is 4.68. The summed E-state index contributed by atoms with van der Waals surface area (Å²) in [6, 6.07) is 0.350. The molecule has 2 atom stereocenters. The first-order valence-electron chi connectivity index (χ1n) is 10.0. The zero-order valence-corrected chi connectivity index (χ0v) is 21.4. The lowest BCUT2D eigenvalue weighted by Gasteiger charge is -2.52. The Morgan fingerprint density at radius 1 is 1.03 bits per heavy atom. The highest BCUT2D eigenvalue weighted by Crippen LogP contribution is 2.37. The van der Waals surface area contributed by atoms with Gasteiger partial charge in [-0.1, -0.05) is 6.58 Å². The van der Waals surface area contributed by atoms with Crippen molar-refractivity contribution in [2.45, 2.75) is 24.6 Å². The Morgan fingerprint density at radius 2 is 1.61 bits per heavy atom. The van der Waals surface area contributed by atoms with Crippen LogP contribution < -0.4 is 5.32 Å². The van der Waals surface area contributed by atoms with E-state index in [4.69, 9.17) is 31.3 Å². The Bertz CT molecular complexity index is 586. The summed E-state index contributed by atoms with van der Waals surface area (Å²) in [6.07, 6.45) is 2.43. The fraction of sp³-hybridized carbons (Fsp3) is 0.778. The fourth-order valence-corrected chi connectivity index (χ4v) is 8.46. The molecule has 0 bridgehead atoms. The molecule has 0 aromatic rings. The molecule has 1 aliphatic rings. The van der Waals surface area contributed by atoms with Gasteiger partial charge in [-0.2, -0.15) is 0 Å². The number of nitrogens with one attached hydrogen (secondary N) is 1. The maximum atomic E-state index is 13.3. The van der Waals surface area contributed by atoms with Gasteiger partial charge in [0.05, 0.1) is 26.1 Å². The number of nitrogens with zero attached hydrogens (tertiary/aromatic N) is 1. The molecule has 1 rings (SSSR count). The van der Waals surface area contributed by atoms with Crippen molar-refractivity contribution in [3.63, 3.8) is 0 Å². The summed E-state index contributed by atoms with van der Waals surface area (Å²) >= 11 is 0. The van der Waals surface area contributed by atoms with Crippen molar-refractivity contribution in [2.24, 2.45) is 0 Å². The number of hydrogen-bond donors (Lipinski definition) is 1. The summed E-state index contributed by atoms with van der Waals surface area (Å²) < 4.78 is 38.6. The van der Waals surface area contributed by atoms with Gasteiger partial charge in [-0.15, -0.1) is 0 Å². The summed E-state index contributed by atoms with van der Waals surface area (Å²) in [4.78, 5) is 24.5. The standard InChI is InChI=1S/C18H36N2O9Si2/c1-8-17(21)29-14-11-19-18(22)20(12-9-15-30(23-2,24-3)25-4)13-10-16(20)31(26-5,27-6)28-7/h8,16H,1,9-15H2,2-7H3/p+1. The highest BCUT2D eigenvalue weighted by atomic mass is 28.4. The van der Waals surface area contributed by atoms with Gasteiger partial charge in [-0.3, -0.25) is 0 Å². The lowest BCUT2D eigenvalue weighted by atomic mass is 10.1. The molecule has 1 N–H and O–H groups in total. The van der Waals surface area contributed by atoms with Crippen molar-refractivity contribution in [3.8, 4) is 0 Å². The van der Waals surface area contributed by atoms with Crippen molar-refractivity contribution in [1.82, 2.24) is 5.32 Å². The van der Waals surface area contributed by atoms with E-state index in [1.165, 1.54) is 21.3 Å². The minimum atomic E-state index is -3.09. The number of likely N-dealkylation sites (tertiary alicyclic amines) is 1. The average molecular weight is 482 g/mol. The largest absolute Gasteiger partial charge is 0.562 e. The van der Waals surface area contributed by atoms with Gasteiger partial charge < -0.3 is 36.6 Å². The molecule has 0 radical (unpaired) electrons.